The maximum absolute atomic E-state index is 5.39. The molecule has 3 N–H and O–H groups in total. The lowest BCUT2D eigenvalue weighted by molar-refractivity contribution is -0.413. The van der Waals surface area contributed by atoms with Gasteiger partial charge in [0.1, 0.15) is 0 Å². The minimum atomic E-state index is 0.361. The Morgan fingerprint density at radius 1 is 1.33 bits per heavy atom. The predicted molar refractivity (Wildman–Crippen MR) is 68.3 cm³/mol. The Bertz CT molecular complexity index is 340. The number of rotatable bonds is 4. The molecule has 0 amide bonds. The smallest absolute Gasteiger partial charge is 0.165 e. The molecule has 0 saturated heterocycles. The molecule has 0 fully saturated rings. The molecule has 1 atom stereocenters. The van der Waals surface area contributed by atoms with Crippen LogP contribution in [0.3, 0.4) is 0 Å². The van der Waals surface area contributed by atoms with Gasteiger partial charge >= 0.3 is 0 Å². The van der Waals surface area contributed by atoms with Crippen LogP contribution in [0, 0.1) is 3.57 Å². The second-order valence-electron chi connectivity index (χ2n) is 3.57. The molecule has 4 heteroatoms. The van der Waals surface area contributed by atoms with E-state index in [2.05, 4.69) is 35.2 Å². The Morgan fingerprint density at radius 3 is 2.47 bits per heavy atom. The molecule has 0 aromatic heterocycles. The molecule has 0 aliphatic heterocycles. The van der Waals surface area contributed by atoms with Crippen LogP contribution in [0.25, 0.3) is 0 Å². The van der Waals surface area contributed by atoms with Gasteiger partial charge in [-0.1, -0.05) is 0 Å². The molecular weight excluding hydrogens is 305 g/mol. The van der Waals surface area contributed by atoms with Crippen LogP contribution < -0.4 is 15.2 Å². The van der Waals surface area contributed by atoms with Crippen molar-refractivity contribution in [2.75, 3.05) is 14.2 Å². The van der Waals surface area contributed by atoms with Gasteiger partial charge in [0.2, 0.25) is 0 Å². The van der Waals surface area contributed by atoms with E-state index in [0.29, 0.717) is 6.04 Å². The summed E-state index contributed by atoms with van der Waals surface area (Å²) in [6.07, 6.45) is 0.901. The first-order chi connectivity index (χ1) is 7.10. The SMILES string of the molecule is COc1ccc(I)c(CC(C)[NH3+])c1OC. The zero-order valence-electron chi connectivity index (χ0n) is 9.34. The lowest BCUT2D eigenvalue weighted by Crippen LogP contribution is -2.60. The van der Waals surface area contributed by atoms with E-state index in [4.69, 9.17) is 9.47 Å². The van der Waals surface area contributed by atoms with Gasteiger partial charge in [-0.3, -0.25) is 0 Å². The summed E-state index contributed by atoms with van der Waals surface area (Å²) in [6.45, 7) is 2.09. The van der Waals surface area contributed by atoms with Crippen molar-refractivity contribution in [3.05, 3.63) is 21.3 Å². The highest BCUT2D eigenvalue weighted by Crippen LogP contribution is 2.34. The Hall–Kier alpha value is -0.490. The average Bonchev–Trinajstić information content (AvgIpc) is 2.20. The zero-order chi connectivity index (χ0) is 11.4. The molecule has 1 rings (SSSR count). The first kappa shape index (κ1) is 12.6. The van der Waals surface area contributed by atoms with E-state index in [1.807, 2.05) is 12.1 Å². The lowest BCUT2D eigenvalue weighted by atomic mass is 10.1. The first-order valence-electron chi connectivity index (χ1n) is 4.82. The van der Waals surface area contributed by atoms with Gasteiger partial charge in [0, 0.05) is 15.6 Å². The van der Waals surface area contributed by atoms with Crippen LogP contribution in [0.5, 0.6) is 11.5 Å². The number of halogens is 1. The summed E-state index contributed by atoms with van der Waals surface area (Å²) in [7, 11) is 3.33. The summed E-state index contributed by atoms with van der Waals surface area (Å²) in [5.41, 5.74) is 5.19. The van der Waals surface area contributed by atoms with Crippen molar-refractivity contribution in [2.45, 2.75) is 19.4 Å². The van der Waals surface area contributed by atoms with Crippen molar-refractivity contribution in [1.29, 1.82) is 0 Å². The Balaban J connectivity index is 3.19. The molecule has 1 aromatic carbocycles. The molecule has 84 valence electrons. The maximum atomic E-state index is 5.39. The van der Waals surface area contributed by atoms with Crippen molar-refractivity contribution >= 4 is 22.6 Å². The van der Waals surface area contributed by atoms with Gasteiger partial charge in [0.15, 0.2) is 11.5 Å². The third-order valence-electron chi connectivity index (χ3n) is 2.14. The zero-order valence-corrected chi connectivity index (χ0v) is 11.5. The number of hydrogen-bond acceptors (Lipinski definition) is 2. The van der Waals surface area contributed by atoms with Crippen LogP contribution >= 0.6 is 22.6 Å². The van der Waals surface area contributed by atoms with E-state index in [9.17, 15) is 0 Å². The van der Waals surface area contributed by atoms with Gasteiger partial charge in [0.25, 0.3) is 0 Å². The normalized spacial score (nSPS) is 12.3. The van der Waals surface area contributed by atoms with Gasteiger partial charge in [-0.2, -0.15) is 0 Å². The molecule has 15 heavy (non-hydrogen) atoms. The monoisotopic (exact) mass is 322 g/mol. The van der Waals surface area contributed by atoms with Crippen LogP contribution in [0.15, 0.2) is 12.1 Å². The van der Waals surface area contributed by atoms with E-state index in [-0.39, 0.29) is 0 Å². The maximum Gasteiger partial charge on any atom is 0.165 e. The number of quaternary nitrogens is 1. The number of hydrogen-bond donors (Lipinski definition) is 1. The van der Waals surface area contributed by atoms with E-state index < -0.39 is 0 Å². The molecule has 0 aliphatic rings. The molecule has 3 nitrogen and oxygen atoms in total. The predicted octanol–water partition coefficient (Wildman–Crippen LogP) is 1.48. The summed E-state index contributed by atoms with van der Waals surface area (Å²) in [5, 5.41) is 0. The minimum Gasteiger partial charge on any atom is -0.493 e. The van der Waals surface area contributed by atoms with Crippen molar-refractivity contribution in [1.82, 2.24) is 0 Å². The van der Waals surface area contributed by atoms with E-state index >= 15 is 0 Å². The van der Waals surface area contributed by atoms with Crippen LogP contribution in [-0.4, -0.2) is 20.3 Å². The molecule has 0 spiro atoms. The molecule has 1 unspecified atom stereocenters. The Labute approximate surface area is 104 Å². The van der Waals surface area contributed by atoms with Gasteiger partial charge in [0.05, 0.1) is 20.3 Å². The molecular formula is C11H17INO2+. The van der Waals surface area contributed by atoms with Crippen LogP contribution in [0.1, 0.15) is 12.5 Å². The average molecular weight is 322 g/mol. The summed E-state index contributed by atoms with van der Waals surface area (Å²) in [4.78, 5) is 0. The quantitative estimate of drug-likeness (QED) is 0.854. The number of ether oxygens (including phenoxy) is 2. The third-order valence-corrected chi connectivity index (χ3v) is 3.15. The van der Waals surface area contributed by atoms with Crippen molar-refractivity contribution in [3.63, 3.8) is 0 Å². The third kappa shape index (κ3) is 2.98. The summed E-state index contributed by atoms with van der Waals surface area (Å²) in [5.74, 6) is 1.62. The standard InChI is InChI=1S/C11H16INO2/c1-7(13)6-8-9(12)4-5-10(14-2)11(8)15-3/h4-5,7H,6,13H2,1-3H3/p+1. The highest BCUT2D eigenvalue weighted by Gasteiger charge is 2.15. The Kier molecular flexibility index (Phi) is 4.66. The van der Waals surface area contributed by atoms with Gasteiger partial charge in [-0.15, -0.1) is 0 Å². The van der Waals surface area contributed by atoms with Crippen LogP contribution in [-0.2, 0) is 6.42 Å². The van der Waals surface area contributed by atoms with E-state index in [1.54, 1.807) is 14.2 Å². The van der Waals surface area contributed by atoms with Gasteiger partial charge in [-0.05, 0) is 41.6 Å². The van der Waals surface area contributed by atoms with E-state index in [0.717, 1.165) is 17.9 Å². The second-order valence-corrected chi connectivity index (χ2v) is 4.73. The number of benzene rings is 1. The van der Waals surface area contributed by atoms with E-state index in [1.165, 1.54) is 9.13 Å². The van der Waals surface area contributed by atoms with Crippen molar-refractivity contribution in [2.24, 2.45) is 0 Å². The molecule has 0 aliphatic carbocycles. The van der Waals surface area contributed by atoms with Crippen molar-refractivity contribution in [3.8, 4) is 11.5 Å². The second kappa shape index (κ2) is 5.55. The summed E-state index contributed by atoms with van der Waals surface area (Å²) < 4.78 is 11.9. The minimum absolute atomic E-state index is 0.361. The van der Waals surface area contributed by atoms with Crippen molar-refractivity contribution < 1.29 is 15.2 Å². The molecule has 0 bridgehead atoms. The highest BCUT2D eigenvalue weighted by molar-refractivity contribution is 14.1. The first-order valence-corrected chi connectivity index (χ1v) is 5.90. The molecule has 1 aromatic rings. The highest BCUT2D eigenvalue weighted by atomic mass is 127. The Morgan fingerprint density at radius 2 is 2.00 bits per heavy atom. The van der Waals surface area contributed by atoms with Crippen LogP contribution in [0.2, 0.25) is 0 Å². The van der Waals surface area contributed by atoms with Gasteiger partial charge in [-0.25, -0.2) is 0 Å². The fraction of sp³-hybridized carbons (Fsp3) is 0.455. The molecule has 0 heterocycles. The molecule has 0 saturated carbocycles. The fourth-order valence-electron chi connectivity index (χ4n) is 1.51. The lowest BCUT2D eigenvalue weighted by Gasteiger charge is -2.14. The van der Waals surface area contributed by atoms with Gasteiger partial charge < -0.3 is 15.2 Å². The summed E-state index contributed by atoms with van der Waals surface area (Å²) in [6, 6.07) is 4.33. The fourth-order valence-corrected chi connectivity index (χ4v) is 2.15. The molecule has 0 radical (unpaired) electrons. The van der Waals surface area contributed by atoms with Crippen LogP contribution in [0.4, 0.5) is 0 Å². The number of methoxy groups -OCH3 is 2. The topological polar surface area (TPSA) is 46.1 Å². The largest absolute Gasteiger partial charge is 0.493 e. The summed E-state index contributed by atoms with van der Waals surface area (Å²) >= 11 is 2.31.